The van der Waals surface area contributed by atoms with Crippen molar-refractivity contribution < 1.29 is 9.53 Å². The van der Waals surface area contributed by atoms with Crippen LogP contribution in [0.1, 0.15) is 26.2 Å². The fourth-order valence-corrected chi connectivity index (χ4v) is 2.44. The van der Waals surface area contributed by atoms with E-state index in [4.69, 9.17) is 4.74 Å². The van der Waals surface area contributed by atoms with Gasteiger partial charge in [-0.05, 0) is 33.0 Å². The summed E-state index contributed by atoms with van der Waals surface area (Å²) in [6.07, 6.45) is 2.67. The van der Waals surface area contributed by atoms with E-state index in [0.717, 1.165) is 32.5 Å². The first-order valence-electron chi connectivity index (χ1n) is 5.62. The van der Waals surface area contributed by atoms with Crippen LogP contribution in [-0.2, 0) is 9.53 Å². The number of nitrogens with zero attached hydrogens (tertiary/aromatic N) is 1. The molecule has 1 atom stereocenters. The zero-order valence-corrected chi connectivity index (χ0v) is 10.0. The van der Waals surface area contributed by atoms with Crippen LogP contribution in [0, 0.1) is 0 Å². The molecule has 4 heteroatoms. The van der Waals surface area contributed by atoms with Gasteiger partial charge in [-0.3, -0.25) is 4.79 Å². The molecule has 0 aliphatic carbocycles. The van der Waals surface area contributed by atoms with Crippen LogP contribution in [0.4, 0.5) is 0 Å². The maximum absolute atomic E-state index is 11.4. The Balaban J connectivity index is 2.63. The van der Waals surface area contributed by atoms with Gasteiger partial charge in [0, 0.05) is 12.1 Å². The summed E-state index contributed by atoms with van der Waals surface area (Å²) < 4.78 is 4.76. The molecule has 0 radical (unpaired) electrons. The fourth-order valence-electron chi connectivity index (χ4n) is 2.44. The Morgan fingerprint density at radius 3 is 2.87 bits per heavy atom. The Morgan fingerprint density at radius 2 is 2.33 bits per heavy atom. The highest BCUT2D eigenvalue weighted by Crippen LogP contribution is 2.24. The minimum Gasteiger partial charge on any atom is -0.469 e. The van der Waals surface area contributed by atoms with Crippen LogP contribution in [0.25, 0.3) is 0 Å². The van der Waals surface area contributed by atoms with Crippen LogP contribution in [0.15, 0.2) is 0 Å². The Bertz CT molecular complexity index is 217. The number of hydrogen-bond acceptors (Lipinski definition) is 4. The molecule has 1 unspecified atom stereocenters. The van der Waals surface area contributed by atoms with E-state index in [-0.39, 0.29) is 11.5 Å². The third-order valence-corrected chi connectivity index (χ3v) is 3.03. The molecule has 0 aromatic heterocycles. The van der Waals surface area contributed by atoms with Crippen molar-refractivity contribution in [3.8, 4) is 0 Å². The summed E-state index contributed by atoms with van der Waals surface area (Å²) in [7, 11) is 3.55. The number of carbonyl (C=O) groups is 1. The second-order valence-electron chi connectivity index (χ2n) is 4.40. The van der Waals surface area contributed by atoms with Gasteiger partial charge >= 0.3 is 5.97 Å². The molecular weight excluding hydrogens is 192 g/mol. The lowest BCUT2D eigenvalue weighted by molar-refractivity contribution is -0.143. The van der Waals surface area contributed by atoms with Crippen molar-refractivity contribution in [1.29, 1.82) is 0 Å². The second-order valence-corrected chi connectivity index (χ2v) is 4.40. The average Bonchev–Trinajstić information content (AvgIpc) is 2.17. The van der Waals surface area contributed by atoms with Crippen molar-refractivity contribution in [2.45, 2.75) is 31.7 Å². The molecule has 0 saturated carbocycles. The van der Waals surface area contributed by atoms with Crippen LogP contribution in [0.3, 0.4) is 0 Å². The third-order valence-electron chi connectivity index (χ3n) is 3.03. The van der Waals surface area contributed by atoms with Crippen molar-refractivity contribution in [2.75, 3.05) is 33.8 Å². The largest absolute Gasteiger partial charge is 0.469 e. The van der Waals surface area contributed by atoms with Crippen molar-refractivity contribution >= 4 is 5.97 Å². The molecule has 15 heavy (non-hydrogen) atoms. The number of hydrogen-bond donors (Lipinski definition) is 1. The van der Waals surface area contributed by atoms with Crippen LogP contribution >= 0.6 is 0 Å². The third kappa shape index (κ3) is 3.47. The maximum Gasteiger partial charge on any atom is 0.307 e. The van der Waals surface area contributed by atoms with E-state index in [2.05, 4.69) is 24.2 Å². The second kappa shape index (κ2) is 5.47. The molecule has 4 nitrogen and oxygen atoms in total. The molecule has 1 aliphatic rings. The van der Waals surface area contributed by atoms with E-state index in [9.17, 15) is 4.79 Å². The number of likely N-dealkylation sites (N-methyl/N-ethyl adjacent to an activating group) is 2. The van der Waals surface area contributed by atoms with Gasteiger partial charge < -0.3 is 15.0 Å². The topological polar surface area (TPSA) is 41.6 Å². The molecule has 1 N–H and O–H groups in total. The first-order chi connectivity index (χ1) is 7.12. The van der Waals surface area contributed by atoms with Crippen molar-refractivity contribution in [3.05, 3.63) is 0 Å². The smallest absolute Gasteiger partial charge is 0.307 e. The highest BCUT2D eigenvalue weighted by Gasteiger charge is 2.35. The van der Waals surface area contributed by atoms with E-state index in [1.165, 1.54) is 7.11 Å². The number of ether oxygens (including phenoxy) is 1. The van der Waals surface area contributed by atoms with Gasteiger partial charge in [-0.25, -0.2) is 0 Å². The minimum atomic E-state index is -0.119. The molecule has 1 heterocycles. The molecule has 1 fully saturated rings. The number of likely N-dealkylation sites (tertiary alicyclic amines) is 1. The number of esters is 1. The normalized spacial score (nSPS) is 27.7. The van der Waals surface area contributed by atoms with Crippen molar-refractivity contribution in [2.24, 2.45) is 0 Å². The monoisotopic (exact) mass is 214 g/mol. The summed E-state index contributed by atoms with van der Waals surface area (Å²) in [4.78, 5) is 13.7. The van der Waals surface area contributed by atoms with Gasteiger partial charge in [0.15, 0.2) is 0 Å². The Hall–Kier alpha value is -0.610. The molecule has 0 amide bonds. The molecule has 1 rings (SSSR count). The zero-order valence-electron chi connectivity index (χ0n) is 10.0. The molecular formula is C11H22N2O2. The molecule has 1 aliphatic heterocycles. The van der Waals surface area contributed by atoms with E-state index >= 15 is 0 Å². The number of methoxy groups -OCH3 is 1. The van der Waals surface area contributed by atoms with E-state index in [0.29, 0.717) is 6.42 Å². The Labute approximate surface area is 92.0 Å². The maximum atomic E-state index is 11.4. The summed E-state index contributed by atoms with van der Waals surface area (Å²) in [6.45, 7) is 5.02. The summed E-state index contributed by atoms with van der Waals surface area (Å²) in [5.74, 6) is -0.119. The molecule has 1 saturated heterocycles. The summed E-state index contributed by atoms with van der Waals surface area (Å²) in [5, 5.41) is 3.45. The van der Waals surface area contributed by atoms with E-state index in [1.807, 2.05) is 0 Å². The van der Waals surface area contributed by atoms with Gasteiger partial charge in [-0.15, -0.1) is 0 Å². The quantitative estimate of drug-likeness (QED) is 0.697. The van der Waals surface area contributed by atoms with Crippen molar-refractivity contribution in [1.82, 2.24) is 10.2 Å². The van der Waals surface area contributed by atoms with Crippen LogP contribution < -0.4 is 5.32 Å². The average molecular weight is 214 g/mol. The van der Waals surface area contributed by atoms with Crippen molar-refractivity contribution in [3.63, 3.8) is 0 Å². The lowest BCUT2D eigenvalue weighted by atomic mass is 9.86. The first-order valence-corrected chi connectivity index (χ1v) is 5.62. The number of nitrogens with one attached hydrogen (secondary N) is 1. The van der Waals surface area contributed by atoms with Gasteiger partial charge in [-0.1, -0.05) is 6.92 Å². The molecule has 0 spiro atoms. The number of piperidine rings is 1. The molecule has 88 valence electrons. The SMILES string of the molecule is CCNC1(CC(=O)OC)CCCN(C)C1. The predicted octanol–water partition coefficient (Wildman–Crippen LogP) is 0.623. The molecule has 0 aromatic rings. The van der Waals surface area contributed by atoms with Crippen LogP contribution in [-0.4, -0.2) is 50.2 Å². The van der Waals surface area contributed by atoms with Crippen LogP contribution in [0.5, 0.6) is 0 Å². The number of carbonyl (C=O) groups excluding carboxylic acids is 1. The van der Waals surface area contributed by atoms with E-state index in [1.54, 1.807) is 0 Å². The Kier molecular flexibility index (Phi) is 4.54. The standard InChI is InChI=1S/C11H22N2O2/c1-4-12-11(8-10(14)15-3)6-5-7-13(2)9-11/h12H,4-9H2,1-3H3. The van der Waals surface area contributed by atoms with Crippen LogP contribution in [0.2, 0.25) is 0 Å². The van der Waals surface area contributed by atoms with Gasteiger partial charge in [0.05, 0.1) is 13.5 Å². The van der Waals surface area contributed by atoms with Gasteiger partial charge in [-0.2, -0.15) is 0 Å². The summed E-state index contributed by atoms with van der Waals surface area (Å²) in [6, 6.07) is 0. The Morgan fingerprint density at radius 1 is 1.60 bits per heavy atom. The minimum absolute atomic E-state index is 0.0746. The molecule has 0 bridgehead atoms. The fraction of sp³-hybridized carbons (Fsp3) is 0.909. The summed E-state index contributed by atoms with van der Waals surface area (Å²) >= 11 is 0. The van der Waals surface area contributed by atoms with Gasteiger partial charge in [0.1, 0.15) is 0 Å². The number of rotatable bonds is 4. The molecule has 0 aromatic carbocycles. The van der Waals surface area contributed by atoms with Gasteiger partial charge in [0.2, 0.25) is 0 Å². The highest BCUT2D eigenvalue weighted by atomic mass is 16.5. The van der Waals surface area contributed by atoms with Gasteiger partial charge in [0.25, 0.3) is 0 Å². The predicted molar refractivity (Wildman–Crippen MR) is 59.8 cm³/mol. The lowest BCUT2D eigenvalue weighted by Gasteiger charge is -2.41. The first kappa shape index (κ1) is 12.5. The highest BCUT2D eigenvalue weighted by molar-refractivity contribution is 5.70. The van der Waals surface area contributed by atoms with E-state index < -0.39 is 0 Å². The lowest BCUT2D eigenvalue weighted by Crippen LogP contribution is -2.57. The summed E-state index contributed by atoms with van der Waals surface area (Å²) in [5.41, 5.74) is -0.0746. The zero-order chi connectivity index (χ0) is 11.3.